The van der Waals surface area contributed by atoms with E-state index < -0.39 is 0 Å². The molecule has 11 nitrogen and oxygen atoms in total. The van der Waals surface area contributed by atoms with Gasteiger partial charge in [0.15, 0.2) is 17.3 Å². The van der Waals surface area contributed by atoms with E-state index in [2.05, 4.69) is 19.9 Å². The number of ether oxygens (including phenoxy) is 2. The molecule has 5 aromatic rings. The monoisotopic (exact) mass is 709 g/mol. The van der Waals surface area contributed by atoms with Crippen LogP contribution in [-0.4, -0.2) is 56.6 Å². The highest BCUT2D eigenvalue weighted by molar-refractivity contribution is 7.10. The number of hydrogen-bond acceptors (Lipinski definition) is 13. The number of pyridine rings is 2. The maximum Gasteiger partial charge on any atom is 0.220 e. The molecule has 0 aliphatic heterocycles. The first-order chi connectivity index (χ1) is 24.1. The Kier molecular flexibility index (Phi) is 10.2. The van der Waals surface area contributed by atoms with E-state index in [9.17, 15) is 19.5 Å². The van der Waals surface area contributed by atoms with Crippen LogP contribution in [0.15, 0.2) is 70.6 Å². The molecule has 5 aromatic heterocycles. The Morgan fingerprint density at radius 2 is 1.32 bits per heavy atom. The molecule has 5 heterocycles. The number of carbonyl (C=O) groups excluding carboxylic acids is 3. The van der Waals surface area contributed by atoms with E-state index in [4.69, 9.17) is 15.2 Å². The summed E-state index contributed by atoms with van der Waals surface area (Å²) in [5.74, 6) is 0.511. The quantitative estimate of drug-likeness (QED) is 0.166. The van der Waals surface area contributed by atoms with E-state index in [0.717, 1.165) is 38.0 Å². The summed E-state index contributed by atoms with van der Waals surface area (Å²) >= 11 is 3.17. The Labute approximate surface area is 296 Å². The van der Waals surface area contributed by atoms with Crippen molar-refractivity contribution < 1.29 is 29.0 Å². The molecular formula is C37H35N5O6S2. The molecule has 2 aliphatic rings. The molecule has 13 heteroatoms. The van der Waals surface area contributed by atoms with Crippen LogP contribution in [0.25, 0.3) is 22.5 Å². The average Bonchev–Trinajstić information content (AvgIpc) is 3.79. The van der Waals surface area contributed by atoms with E-state index in [1.54, 1.807) is 31.6 Å². The molecule has 0 amide bonds. The fraction of sp³-hybridized carbons (Fsp3) is 0.270. The lowest BCUT2D eigenvalue weighted by atomic mass is 9.83. The number of hydrogen-bond donors (Lipinski definition) is 2. The van der Waals surface area contributed by atoms with Crippen LogP contribution in [-0.2, 0) is 16.0 Å². The van der Waals surface area contributed by atoms with Crippen LogP contribution in [0.2, 0.25) is 0 Å². The number of anilines is 1. The second-order valence-corrected chi connectivity index (χ2v) is 13.8. The molecule has 0 aromatic carbocycles. The minimum absolute atomic E-state index is 0.0520. The molecule has 0 spiro atoms. The molecule has 0 saturated carbocycles. The number of nitrogen functional groups attached to an aromatic ring is 1. The first-order valence-corrected chi connectivity index (χ1v) is 17.6. The third-order valence-electron chi connectivity index (χ3n) is 8.67. The maximum absolute atomic E-state index is 12.7. The van der Waals surface area contributed by atoms with E-state index >= 15 is 0 Å². The van der Waals surface area contributed by atoms with Crippen molar-refractivity contribution in [3.63, 3.8) is 0 Å². The van der Waals surface area contributed by atoms with Crippen LogP contribution in [0.5, 0.6) is 11.8 Å². The van der Waals surface area contributed by atoms with Crippen molar-refractivity contribution in [1.29, 1.82) is 0 Å². The third-order valence-corrected chi connectivity index (χ3v) is 10.8. The predicted octanol–water partition coefficient (Wildman–Crippen LogP) is 7.08. The lowest BCUT2D eigenvalue weighted by molar-refractivity contribution is -0.121. The highest BCUT2D eigenvalue weighted by Gasteiger charge is 2.34. The van der Waals surface area contributed by atoms with Gasteiger partial charge in [0.25, 0.3) is 0 Å². The van der Waals surface area contributed by atoms with Crippen molar-refractivity contribution in [2.75, 3.05) is 20.0 Å². The molecule has 50 heavy (non-hydrogen) atoms. The summed E-state index contributed by atoms with van der Waals surface area (Å²) in [7, 11) is 3.16. The molecule has 0 bridgehead atoms. The summed E-state index contributed by atoms with van der Waals surface area (Å²) in [4.78, 5) is 56.0. The van der Waals surface area contributed by atoms with E-state index in [1.165, 1.54) is 18.3 Å². The zero-order chi connectivity index (χ0) is 35.5. The summed E-state index contributed by atoms with van der Waals surface area (Å²) in [6.45, 7) is 3.12. The molecule has 2 unspecified atom stereocenters. The zero-order valence-corrected chi connectivity index (χ0v) is 29.6. The number of nitrogens with two attached hydrogens (primary N) is 1. The second-order valence-electron chi connectivity index (χ2n) is 12.0. The fourth-order valence-corrected chi connectivity index (χ4v) is 8.54. The number of aliphatic hydroxyl groups is 1. The number of rotatable bonds is 7. The summed E-state index contributed by atoms with van der Waals surface area (Å²) in [5.41, 5.74) is 11.3. The van der Waals surface area contributed by atoms with Crippen molar-refractivity contribution in [1.82, 2.24) is 19.9 Å². The largest absolute Gasteiger partial charge is 0.511 e. The summed E-state index contributed by atoms with van der Waals surface area (Å²) in [6, 6.07) is 15.2. The Bertz CT molecular complexity index is 2140. The van der Waals surface area contributed by atoms with Gasteiger partial charge in [0, 0.05) is 64.1 Å². The van der Waals surface area contributed by atoms with E-state index in [-0.39, 0.29) is 59.3 Å². The number of aliphatic hydroxyl groups excluding tert-OH is 1. The molecule has 0 radical (unpaired) electrons. The van der Waals surface area contributed by atoms with Crippen molar-refractivity contribution in [3.05, 3.63) is 97.3 Å². The van der Waals surface area contributed by atoms with Gasteiger partial charge in [0.1, 0.15) is 5.76 Å². The van der Waals surface area contributed by atoms with Crippen LogP contribution in [0.1, 0.15) is 69.5 Å². The van der Waals surface area contributed by atoms with E-state index in [0.29, 0.717) is 35.9 Å². The molecule has 3 N–H and O–H groups in total. The molecule has 0 fully saturated rings. The Morgan fingerprint density at radius 3 is 1.84 bits per heavy atom. The number of allylic oxidation sites excluding steroid dienone is 2. The Hall–Kier alpha value is -5.27. The number of ketones is 3. The molecule has 256 valence electrons. The minimum atomic E-state index is -0.378. The topological polar surface area (TPSA) is 167 Å². The first kappa shape index (κ1) is 34.6. The van der Waals surface area contributed by atoms with Gasteiger partial charge in [-0.05, 0) is 55.3 Å². The Morgan fingerprint density at radius 1 is 0.780 bits per heavy atom. The molecule has 7 rings (SSSR count). The maximum atomic E-state index is 12.7. The lowest BCUT2D eigenvalue weighted by Crippen LogP contribution is -2.22. The third kappa shape index (κ3) is 7.05. The van der Waals surface area contributed by atoms with Gasteiger partial charge >= 0.3 is 0 Å². The number of thiophene rings is 2. The number of methoxy groups -OCH3 is 2. The van der Waals surface area contributed by atoms with Gasteiger partial charge in [0.05, 0.1) is 48.1 Å². The van der Waals surface area contributed by atoms with Crippen molar-refractivity contribution in [3.8, 4) is 34.3 Å². The standard InChI is InChI=1S/C19H18N4O2S.C18H17NO4S/c1-10-17-14(23-19(20)21-10)8-11(9-15(17)24)18-12(6-7-26-18)13-4-3-5-16(22-13)25-2;1-10(20)17-14(21)8-11(9-15(17)22)18-12(6-7-24-18)13-4-3-5-16(19-13)23-2/h3-7,11H,8-9H2,1-2H3,(H2,20,21,23);3-7,11,21H,8-9H2,1-2H3. The lowest BCUT2D eigenvalue weighted by Gasteiger charge is -2.24. The molecule has 0 saturated heterocycles. The number of carbonyl (C=O) groups is 3. The molecule has 2 atom stereocenters. The van der Waals surface area contributed by atoms with Gasteiger partial charge in [0.2, 0.25) is 17.7 Å². The first-order valence-electron chi connectivity index (χ1n) is 15.9. The Balaban J connectivity index is 0.000000174. The number of Topliss-reactive ketones (excluding diaryl/α,β-unsaturated/α-hetero) is 3. The summed E-state index contributed by atoms with van der Waals surface area (Å²) in [5, 5.41) is 14.1. The minimum Gasteiger partial charge on any atom is -0.511 e. The van der Waals surface area contributed by atoms with Crippen LogP contribution >= 0.6 is 22.7 Å². The van der Waals surface area contributed by atoms with Gasteiger partial charge in [-0.2, -0.15) is 0 Å². The van der Waals surface area contributed by atoms with Crippen molar-refractivity contribution in [2.45, 2.75) is 51.4 Å². The van der Waals surface area contributed by atoms with Crippen LogP contribution in [0, 0.1) is 6.92 Å². The molecular weight excluding hydrogens is 675 g/mol. The molecule has 2 aliphatic carbocycles. The van der Waals surface area contributed by atoms with Gasteiger partial charge in [-0.15, -0.1) is 22.7 Å². The van der Waals surface area contributed by atoms with E-state index in [1.807, 2.05) is 60.1 Å². The number of fused-ring (bicyclic) bond motifs is 1. The van der Waals surface area contributed by atoms with Crippen molar-refractivity contribution >= 4 is 46.0 Å². The van der Waals surface area contributed by atoms with Gasteiger partial charge < -0.3 is 20.3 Å². The SMILES string of the molecule is COc1cccc(-c2ccsc2C2CC(=O)C(C(C)=O)=C(O)C2)n1.COc1cccc(-c2ccsc2C2CC(=O)c3c(C)nc(N)nc3C2)n1. The highest BCUT2D eigenvalue weighted by Crippen LogP contribution is 2.42. The van der Waals surface area contributed by atoms with Crippen LogP contribution in [0.4, 0.5) is 5.95 Å². The van der Waals surface area contributed by atoms with Gasteiger partial charge in [-0.1, -0.05) is 12.1 Å². The van der Waals surface area contributed by atoms with Crippen LogP contribution < -0.4 is 15.2 Å². The van der Waals surface area contributed by atoms with Crippen LogP contribution in [0.3, 0.4) is 0 Å². The smallest absolute Gasteiger partial charge is 0.220 e. The number of aryl methyl sites for hydroxylation is 1. The summed E-state index contributed by atoms with van der Waals surface area (Å²) < 4.78 is 10.4. The highest BCUT2D eigenvalue weighted by atomic mass is 32.1. The predicted molar refractivity (Wildman–Crippen MR) is 192 cm³/mol. The average molecular weight is 710 g/mol. The van der Waals surface area contributed by atoms with Crippen molar-refractivity contribution in [2.24, 2.45) is 0 Å². The van der Waals surface area contributed by atoms with Gasteiger partial charge in [-0.3, -0.25) is 14.4 Å². The normalized spacial score (nSPS) is 17.1. The van der Waals surface area contributed by atoms with Gasteiger partial charge in [-0.25, -0.2) is 19.9 Å². The summed E-state index contributed by atoms with van der Waals surface area (Å²) in [6.07, 6.45) is 1.62. The number of aromatic nitrogens is 4. The zero-order valence-electron chi connectivity index (χ0n) is 27.9. The number of nitrogens with zero attached hydrogens (tertiary/aromatic N) is 4. The second kappa shape index (κ2) is 14.7. The fourth-order valence-electron chi connectivity index (χ4n) is 6.52.